The van der Waals surface area contributed by atoms with E-state index < -0.39 is 0 Å². The van der Waals surface area contributed by atoms with Crippen LogP contribution in [0.4, 0.5) is 0 Å². The molecule has 2 aliphatic heterocycles. The maximum atomic E-state index is 4.50. The molecule has 0 aliphatic carbocycles. The molecule has 10 heavy (non-hydrogen) atoms. The third-order valence-corrected chi connectivity index (χ3v) is 2.90. The van der Waals surface area contributed by atoms with Crippen LogP contribution in [-0.2, 0) is 0 Å². The predicted octanol–water partition coefficient (Wildman–Crippen LogP) is 0.705. The van der Waals surface area contributed by atoms with Crippen molar-refractivity contribution in [2.45, 2.75) is 36.7 Å². The fraction of sp³-hybridized carbons (Fsp3) is 1.00. The van der Waals surface area contributed by atoms with E-state index in [1.54, 1.807) is 0 Å². The Kier molecular flexibility index (Phi) is 1.32. The van der Waals surface area contributed by atoms with Crippen molar-refractivity contribution in [3.8, 4) is 0 Å². The molecule has 2 saturated heterocycles. The molecule has 0 aromatic carbocycles. The van der Waals surface area contributed by atoms with Gasteiger partial charge in [0.2, 0.25) is 0 Å². The molecule has 2 unspecified atom stereocenters. The van der Waals surface area contributed by atoms with Crippen LogP contribution in [0.15, 0.2) is 0 Å². The van der Waals surface area contributed by atoms with Crippen LogP contribution in [0.2, 0.25) is 0 Å². The Labute approximate surface area is 67.2 Å². The maximum Gasteiger partial charge on any atom is 0.0710 e. The van der Waals surface area contributed by atoms with Gasteiger partial charge in [-0.05, 0) is 32.7 Å². The fourth-order valence-electron chi connectivity index (χ4n) is 1.84. The average molecular weight is 158 g/mol. The van der Waals surface area contributed by atoms with Crippen LogP contribution in [0.5, 0.6) is 0 Å². The first-order chi connectivity index (χ1) is 4.62. The topological polar surface area (TPSA) is 24.1 Å². The number of thiol groups is 1. The van der Waals surface area contributed by atoms with E-state index in [0.29, 0.717) is 0 Å². The van der Waals surface area contributed by atoms with Crippen molar-refractivity contribution in [2.75, 3.05) is 6.54 Å². The Morgan fingerprint density at radius 2 is 2.00 bits per heavy atom. The lowest BCUT2D eigenvalue weighted by atomic mass is 9.97. The van der Waals surface area contributed by atoms with E-state index in [-0.39, 0.29) is 10.5 Å². The summed E-state index contributed by atoms with van der Waals surface area (Å²) in [6.07, 6.45) is 3.67. The van der Waals surface area contributed by atoms with E-state index in [0.717, 1.165) is 6.54 Å². The number of nitrogens with one attached hydrogen (secondary N) is 2. The van der Waals surface area contributed by atoms with E-state index in [9.17, 15) is 0 Å². The second-order valence-corrected chi connectivity index (χ2v) is 4.64. The molecule has 2 aliphatic rings. The van der Waals surface area contributed by atoms with Crippen LogP contribution in [-0.4, -0.2) is 17.1 Å². The summed E-state index contributed by atoms with van der Waals surface area (Å²) in [5.41, 5.74) is 0.274. The minimum absolute atomic E-state index is 0.0629. The summed E-state index contributed by atoms with van der Waals surface area (Å²) >= 11 is 4.50. The molecule has 2 atom stereocenters. The smallest absolute Gasteiger partial charge is 0.0710 e. The van der Waals surface area contributed by atoms with E-state index in [1.165, 1.54) is 19.3 Å². The Bertz CT molecular complexity index is 152. The number of hydrogen-bond donors (Lipinski definition) is 3. The SMILES string of the molecule is CC1(S)CCC2(CCN2)N1. The van der Waals surface area contributed by atoms with Gasteiger partial charge in [0.25, 0.3) is 0 Å². The van der Waals surface area contributed by atoms with Gasteiger partial charge in [0.15, 0.2) is 0 Å². The van der Waals surface area contributed by atoms with E-state index in [4.69, 9.17) is 0 Å². The van der Waals surface area contributed by atoms with Crippen LogP contribution in [0.3, 0.4) is 0 Å². The molecule has 0 bridgehead atoms. The van der Waals surface area contributed by atoms with Gasteiger partial charge >= 0.3 is 0 Å². The third kappa shape index (κ3) is 0.966. The zero-order valence-corrected chi connectivity index (χ0v) is 7.17. The summed E-state index contributed by atoms with van der Waals surface area (Å²) < 4.78 is 0. The van der Waals surface area contributed by atoms with Crippen molar-refractivity contribution in [2.24, 2.45) is 0 Å². The highest BCUT2D eigenvalue weighted by Crippen LogP contribution is 2.36. The fourth-order valence-corrected chi connectivity index (χ4v) is 2.17. The van der Waals surface area contributed by atoms with Gasteiger partial charge in [0, 0.05) is 0 Å². The summed E-state index contributed by atoms with van der Waals surface area (Å²) in [7, 11) is 0. The second kappa shape index (κ2) is 1.90. The van der Waals surface area contributed by atoms with Crippen LogP contribution >= 0.6 is 12.6 Å². The molecule has 0 saturated carbocycles. The molecule has 3 heteroatoms. The molecule has 2 fully saturated rings. The Morgan fingerprint density at radius 1 is 1.30 bits per heavy atom. The lowest BCUT2D eigenvalue weighted by Crippen LogP contribution is -2.65. The molecule has 2 heterocycles. The van der Waals surface area contributed by atoms with Gasteiger partial charge in [-0.3, -0.25) is 10.6 Å². The van der Waals surface area contributed by atoms with Crippen molar-refractivity contribution in [1.82, 2.24) is 10.6 Å². The molecule has 2 nitrogen and oxygen atoms in total. The number of hydrogen-bond acceptors (Lipinski definition) is 3. The second-order valence-electron chi connectivity index (χ2n) is 3.66. The Balaban J connectivity index is 2.05. The van der Waals surface area contributed by atoms with Crippen molar-refractivity contribution in [3.63, 3.8) is 0 Å². The summed E-state index contributed by atoms with van der Waals surface area (Å²) in [6, 6.07) is 0. The highest BCUT2D eigenvalue weighted by Gasteiger charge is 2.46. The van der Waals surface area contributed by atoms with E-state index in [1.807, 2.05) is 0 Å². The van der Waals surface area contributed by atoms with Crippen LogP contribution in [0, 0.1) is 0 Å². The summed E-state index contributed by atoms with van der Waals surface area (Å²) in [6.45, 7) is 3.31. The molecule has 2 N–H and O–H groups in total. The first kappa shape index (κ1) is 6.95. The van der Waals surface area contributed by atoms with Gasteiger partial charge < -0.3 is 0 Å². The quantitative estimate of drug-likeness (QED) is 0.452. The van der Waals surface area contributed by atoms with Crippen molar-refractivity contribution in [3.05, 3.63) is 0 Å². The maximum absolute atomic E-state index is 4.50. The molecular weight excluding hydrogens is 144 g/mol. The molecule has 0 aromatic rings. The minimum Gasteiger partial charge on any atom is -0.299 e. The minimum atomic E-state index is 0.0629. The van der Waals surface area contributed by atoms with Gasteiger partial charge in [-0.15, -0.1) is 0 Å². The molecule has 58 valence electrons. The Hall–Kier alpha value is 0.270. The Morgan fingerprint density at radius 3 is 2.20 bits per heavy atom. The highest BCUT2D eigenvalue weighted by atomic mass is 32.1. The molecule has 1 spiro atoms. The van der Waals surface area contributed by atoms with Crippen molar-refractivity contribution < 1.29 is 0 Å². The summed E-state index contributed by atoms with van der Waals surface area (Å²) in [5.74, 6) is 0. The van der Waals surface area contributed by atoms with Gasteiger partial charge in [0.1, 0.15) is 0 Å². The van der Waals surface area contributed by atoms with Gasteiger partial charge in [0.05, 0.1) is 10.5 Å². The van der Waals surface area contributed by atoms with Gasteiger partial charge in [-0.1, -0.05) is 0 Å². The van der Waals surface area contributed by atoms with Crippen LogP contribution in [0.25, 0.3) is 0 Å². The van der Waals surface area contributed by atoms with Crippen LogP contribution in [0.1, 0.15) is 26.2 Å². The number of rotatable bonds is 0. The van der Waals surface area contributed by atoms with Crippen LogP contribution < -0.4 is 10.6 Å². The predicted molar refractivity (Wildman–Crippen MR) is 45.1 cm³/mol. The molecular formula is C7H14N2S. The van der Waals surface area contributed by atoms with Crippen molar-refractivity contribution >= 4 is 12.6 Å². The summed E-state index contributed by atoms with van der Waals surface area (Å²) in [5, 5.41) is 6.91. The summed E-state index contributed by atoms with van der Waals surface area (Å²) in [4.78, 5) is 0.0629. The van der Waals surface area contributed by atoms with Crippen molar-refractivity contribution in [1.29, 1.82) is 0 Å². The highest BCUT2D eigenvalue weighted by molar-refractivity contribution is 7.81. The molecule has 0 radical (unpaired) electrons. The normalized spacial score (nSPS) is 53.4. The van der Waals surface area contributed by atoms with Gasteiger partial charge in [-0.2, -0.15) is 12.6 Å². The zero-order valence-electron chi connectivity index (χ0n) is 6.28. The monoisotopic (exact) mass is 158 g/mol. The molecule has 2 rings (SSSR count). The average Bonchev–Trinajstić information content (AvgIpc) is 2.04. The molecule has 0 aromatic heterocycles. The van der Waals surface area contributed by atoms with E-state index >= 15 is 0 Å². The largest absolute Gasteiger partial charge is 0.299 e. The van der Waals surface area contributed by atoms with E-state index in [2.05, 4.69) is 30.2 Å². The lowest BCUT2D eigenvalue weighted by molar-refractivity contribution is 0.175. The zero-order chi connectivity index (χ0) is 7.24. The first-order valence-electron chi connectivity index (χ1n) is 3.89. The molecule has 0 amide bonds. The standard InChI is InChI=1S/C7H14N2S/c1-6(10)2-3-7(9-6)4-5-8-7/h8-10H,2-5H2,1H3. The first-order valence-corrected chi connectivity index (χ1v) is 4.34. The van der Waals surface area contributed by atoms with Gasteiger partial charge in [-0.25, -0.2) is 0 Å². The third-order valence-electron chi connectivity index (χ3n) is 2.56. The lowest BCUT2D eigenvalue weighted by Gasteiger charge is -2.41.